The maximum Gasteiger partial charge on any atom is 0.255 e. The van der Waals surface area contributed by atoms with Gasteiger partial charge in [-0.2, -0.15) is 9.41 Å². The molecule has 0 aliphatic carbocycles. The molecule has 0 atom stereocenters. The van der Waals surface area contributed by atoms with Crippen molar-refractivity contribution >= 4 is 45.3 Å². The van der Waals surface area contributed by atoms with E-state index in [2.05, 4.69) is 10.5 Å². The van der Waals surface area contributed by atoms with Gasteiger partial charge in [-0.1, -0.05) is 53.5 Å². The number of nitrogens with zero attached hydrogens (tertiary/aromatic N) is 2. The second-order valence-electron chi connectivity index (χ2n) is 6.97. The van der Waals surface area contributed by atoms with Gasteiger partial charge in [0.15, 0.2) is 0 Å². The van der Waals surface area contributed by atoms with Gasteiger partial charge >= 0.3 is 0 Å². The normalized spacial score (nSPS) is 11.6. The maximum atomic E-state index is 12.7. The van der Waals surface area contributed by atoms with E-state index in [0.29, 0.717) is 12.4 Å². The third kappa shape index (κ3) is 7.03. The molecule has 0 fully saturated rings. The predicted octanol–water partition coefficient (Wildman–Crippen LogP) is 4.34. The summed E-state index contributed by atoms with van der Waals surface area (Å²) in [5.41, 5.74) is 4.10. The molecule has 0 bridgehead atoms. The van der Waals surface area contributed by atoms with Crippen LogP contribution in [0, 0.1) is 0 Å². The molecule has 1 amide bonds. The Balaban J connectivity index is 1.51. The van der Waals surface area contributed by atoms with Gasteiger partial charge < -0.3 is 4.74 Å². The molecule has 1 N–H and O–H groups in total. The minimum atomic E-state index is -4.00. The highest BCUT2D eigenvalue weighted by molar-refractivity contribution is 7.89. The van der Waals surface area contributed by atoms with Crippen LogP contribution < -0.4 is 10.2 Å². The summed E-state index contributed by atoms with van der Waals surface area (Å²) in [5.74, 6) is 0.0878. The number of hydrogen-bond donors (Lipinski definition) is 1. The molecule has 0 aliphatic heterocycles. The minimum absolute atomic E-state index is 0.0147. The topological polar surface area (TPSA) is 88.1 Å². The lowest BCUT2D eigenvalue weighted by atomic mass is 10.2. The monoisotopic (exact) mass is 505 g/mol. The highest BCUT2D eigenvalue weighted by Gasteiger charge is 2.25. The van der Waals surface area contributed by atoms with E-state index >= 15 is 0 Å². The van der Waals surface area contributed by atoms with Crippen molar-refractivity contribution < 1.29 is 17.9 Å². The Hall–Kier alpha value is -2.91. The molecule has 10 heteroatoms. The van der Waals surface area contributed by atoms with Crippen LogP contribution in [-0.4, -0.2) is 38.4 Å². The van der Waals surface area contributed by atoms with Crippen molar-refractivity contribution in [3.05, 3.63) is 94.0 Å². The number of hydrazone groups is 1. The molecule has 0 saturated carbocycles. The zero-order valence-corrected chi connectivity index (χ0v) is 19.9. The fourth-order valence-corrected chi connectivity index (χ4v) is 4.60. The Bertz CT molecular complexity index is 1230. The number of halogens is 2. The number of sulfonamides is 1. The number of carbonyl (C=O) groups excluding carboxylic acids is 1. The van der Waals surface area contributed by atoms with E-state index in [0.717, 1.165) is 15.4 Å². The summed E-state index contributed by atoms with van der Waals surface area (Å²) < 4.78 is 31.9. The van der Waals surface area contributed by atoms with Crippen LogP contribution >= 0.6 is 23.2 Å². The van der Waals surface area contributed by atoms with Crippen molar-refractivity contribution in [1.82, 2.24) is 9.73 Å². The SMILES string of the molecule is CN(CC(=O)N/N=C\c1ccc(OCc2ccccc2)cc1)S(=O)(=O)c1cc(Cl)ccc1Cl. The Labute approximate surface area is 202 Å². The third-order valence-electron chi connectivity index (χ3n) is 4.48. The number of rotatable bonds is 9. The van der Waals surface area contributed by atoms with Crippen molar-refractivity contribution in [2.45, 2.75) is 11.5 Å². The summed E-state index contributed by atoms with van der Waals surface area (Å²) in [6.07, 6.45) is 1.45. The Kier molecular flexibility index (Phi) is 8.46. The van der Waals surface area contributed by atoms with Crippen LogP contribution in [0.3, 0.4) is 0 Å². The van der Waals surface area contributed by atoms with E-state index in [-0.39, 0.29) is 14.9 Å². The molecule has 0 aliphatic rings. The van der Waals surface area contributed by atoms with Gasteiger partial charge in [0, 0.05) is 12.1 Å². The van der Waals surface area contributed by atoms with Crippen LogP contribution in [0.1, 0.15) is 11.1 Å². The molecule has 3 rings (SSSR count). The average Bonchev–Trinajstić information content (AvgIpc) is 2.80. The van der Waals surface area contributed by atoms with Crippen molar-refractivity contribution in [2.75, 3.05) is 13.6 Å². The Morgan fingerprint density at radius 2 is 1.76 bits per heavy atom. The van der Waals surface area contributed by atoms with Gasteiger partial charge in [-0.3, -0.25) is 4.79 Å². The lowest BCUT2D eigenvalue weighted by Gasteiger charge is -2.17. The highest BCUT2D eigenvalue weighted by atomic mass is 35.5. The second-order valence-corrected chi connectivity index (χ2v) is 9.83. The molecule has 7 nitrogen and oxygen atoms in total. The average molecular weight is 506 g/mol. The predicted molar refractivity (Wildman–Crippen MR) is 129 cm³/mol. The first-order valence-corrected chi connectivity index (χ1v) is 12.0. The van der Waals surface area contributed by atoms with E-state index in [1.807, 2.05) is 30.3 Å². The third-order valence-corrected chi connectivity index (χ3v) is 7.00. The lowest BCUT2D eigenvalue weighted by molar-refractivity contribution is -0.121. The quantitative estimate of drug-likeness (QED) is 0.346. The van der Waals surface area contributed by atoms with E-state index in [1.165, 1.54) is 31.5 Å². The zero-order valence-electron chi connectivity index (χ0n) is 17.6. The van der Waals surface area contributed by atoms with Crippen LogP contribution in [0.15, 0.2) is 82.8 Å². The summed E-state index contributed by atoms with van der Waals surface area (Å²) in [6, 6.07) is 21.1. The van der Waals surface area contributed by atoms with Gasteiger partial charge in [0.1, 0.15) is 17.3 Å². The highest BCUT2D eigenvalue weighted by Crippen LogP contribution is 2.27. The van der Waals surface area contributed by atoms with E-state index < -0.39 is 22.5 Å². The molecule has 0 saturated heterocycles. The summed E-state index contributed by atoms with van der Waals surface area (Å²) in [5, 5.41) is 4.10. The molecular weight excluding hydrogens is 485 g/mol. The first-order valence-electron chi connectivity index (χ1n) is 9.76. The van der Waals surface area contributed by atoms with Crippen molar-refractivity contribution in [3.8, 4) is 5.75 Å². The number of benzene rings is 3. The van der Waals surface area contributed by atoms with E-state index in [9.17, 15) is 13.2 Å². The van der Waals surface area contributed by atoms with Crippen LogP contribution in [-0.2, 0) is 21.4 Å². The molecule has 0 heterocycles. The maximum absolute atomic E-state index is 12.7. The largest absolute Gasteiger partial charge is 0.489 e. The lowest BCUT2D eigenvalue weighted by Crippen LogP contribution is -2.36. The fourth-order valence-electron chi connectivity index (χ4n) is 2.74. The van der Waals surface area contributed by atoms with E-state index in [4.69, 9.17) is 27.9 Å². The summed E-state index contributed by atoms with van der Waals surface area (Å²) in [4.78, 5) is 12.0. The number of ether oxygens (including phenoxy) is 1. The first-order chi connectivity index (χ1) is 15.8. The summed E-state index contributed by atoms with van der Waals surface area (Å²) in [6.45, 7) is 0.00986. The zero-order chi connectivity index (χ0) is 23.8. The number of nitrogens with one attached hydrogen (secondary N) is 1. The fraction of sp³-hybridized carbons (Fsp3) is 0.130. The van der Waals surface area contributed by atoms with Crippen LogP contribution in [0.4, 0.5) is 0 Å². The van der Waals surface area contributed by atoms with Gasteiger partial charge in [0.05, 0.1) is 17.8 Å². The smallest absolute Gasteiger partial charge is 0.255 e. The number of amides is 1. The van der Waals surface area contributed by atoms with Gasteiger partial charge in [-0.05, 0) is 53.6 Å². The molecule has 172 valence electrons. The molecule has 3 aromatic carbocycles. The van der Waals surface area contributed by atoms with Gasteiger partial charge in [0.25, 0.3) is 5.91 Å². The number of likely N-dealkylation sites (N-methyl/N-ethyl adjacent to an activating group) is 1. The van der Waals surface area contributed by atoms with Crippen molar-refractivity contribution in [1.29, 1.82) is 0 Å². The molecule has 3 aromatic rings. The summed E-state index contributed by atoms with van der Waals surface area (Å²) >= 11 is 11.8. The molecule has 33 heavy (non-hydrogen) atoms. The van der Waals surface area contributed by atoms with Gasteiger partial charge in [-0.15, -0.1) is 0 Å². The molecule has 0 unspecified atom stereocenters. The second kappa shape index (κ2) is 11.3. The Morgan fingerprint density at radius 1 is 1.06 bits per heavy atom. The standard InChI is InChI=1S/C23H21Cl2N3O4S/c1-28(33(30,31)22-13-19(24)9-12-21(22)25)15-23(29)27-26-14-17-7-10-20(11-8-17)32-16-18-5-3-2-4-6-18/h2-14H,15-16H2,1H3,(H,27,29)/b26-14-. The van der Waals surface area contributed by atoms with E-state index in [1.54, 1.807) is 24.3 Å². The van der Waals surface area contributed by atoms with Crippen molar-refractivity contribution in [2.24, 2.45) is 5.10 Å². The van der Waals surface area contributed by atoms with Crippen LogP contribution in [0.25, 0.3) is 0 Å². The van der Waals surface area contributed by atoms with Gasteiger partial charge in [-0.25, -0.2) is 13.8 Å². The van der Waals surface area contributed by atoms with Crippen LogP contribution in [0.5, 0.6) is 5.75 Å². The molecular formula is C23H21Cl2N3O4S. The molecule has 0 aromatic heterocycles. The molecule has 0 spiro atoms. The molecule has 0 radical (unpaired) electrons. The van der Waals surface area contributed by atoms with Crippen LogP contribution in [0.2, 0.25) is 10.0 Å². The number of carbonyl (C=O) groups is 1. The summed E-state index contributed by atoms with van der Waals surface area (Å²) in [7, 11) is -2.74. The van der Waals surface area contributed by atoms with Crippen molar-refractivity contribution in [3.63, 3.8) is 0 Å². The first kappa shape index (κ1) is 24.7. The van der Waals surface area contributed by atoms with Gasteiger partial charge in [0.2, 0.25) is 10.0 Å². The number of hydrogen-bond acceptors (Lipinski definition) is 5. The minimum Gasteiger partial charge on any atom is -0.489 e. The Morgan fingerprint density at radius 3 is 2.45 bits per heavy atom.